The molecule has 0 saturated heterocycles. The Morgan fingerprint density at radius 2 is 1.89 bits per heavy atom. The molecular weight excluding hydrogens is 238 g/mol. The molecule has 0 unspecified atom stereocenters. The fourth-order valence-corrected chi connectivity index (χ4v) is 1.30. The second-order valence-electron chi connectivity index (χ2n) is 5.03. The van der Waals surface area contributed by atoms with Crippen LogP contribution in [0.5, 0.6) is 0 Å². The Balaban J connectivity index is 4.11. The monoisotopic (exact) mass is 261 g/mol. The molecule has 0 aromatic carbocycles. The third kappa shape index (κ3) is 8.81. The summed E-state index contributed by atoms with van der Waals surface area (Å²) < 4.78 is 9.88. The van der Waals surface area contributed by atoms with Gasteiger partial charge in [-0.2, -0.15) is 0 Å². The lowest BCUT2D eigenvalue weighted by Crippen LogP contribution is -2.43. The van der Waals surface area contributed by atoms with Crippen LogP contribution in [-0.2, 0) is 14.3 Å². The molecule has 0 aliphatic carbocycles. The molecule has 0 aliphatic heterocycles. The maximum absolute atomic E-state index is 11.4. The number of hydrogen-bond donors (Lipinski definition) is 2. The molecule has 6 nitrogen and oxygen atoms in total. The number of carboxylic acid groups (broad SMARTS) is 1. The Morgan fingerprint density at radius 3 is 2.33 bits per heavy atom. The highest BCUT2D eigenvalue weighted by molar-refractivity contribution is 5.79. The van der Waals surface area contributed by atoms with Crippen LogP contribution in [0, 0.1) is 0 Å². The van der Waals surface area contributed by atoms with Gasteiger partial charge in [0.1, 0.15) is 11.6 Å². The van der Waals surface area contributed by atoms with Gasteiger partial charge in [-0.3, -0.25) is 0 Å². The van der Waals surface area contributed by atoms with E-state index in [1.165, 1.54) is 0 Å². The van der Waals surface area contributed by atoms with E-state index in [1.54, 1.807) is 27.9 Å². The third-order valence-electron chi connectivity index (χ3n) is 2.08. The van der Waals surface area contributed by atoms with Crippen LogP contribution in [0.1, 0.15) is 40.0 Å². The van der Waals surface area contributed by atoms with Crippen LogP contribution in [0.25, 0.3) is 0 Å². The number of carbonyl (C=O) groups is 2. The molecule has 0 aromatic rings. The summed E-state index contributed by atoms with van der Waals surface area (Å²) in [6, 6.07) is -0.920. The van der Waals surface area contributed by atoms with Crippen molar-refractivity contribution < 1.29 is 24.2 Å². The second-order valence-corrected chi connectivity index (χ2v) is 5.03. The van der Waals surface area contributed by atoms with Gasteiger partial charge in [0.2, 0.25) is 0 Å². The van der Waals surface area contributed by atoms with Crippen molar-refractivity contribution in [2.24, 2.45) is 0 Å². The summed E-state index contributed by atoms with van der Waals surface area (Å²) in [5, 5.41) is 11.3. The zero-order valence-corrected chi connectivity index (χ0v) is 11.5. The number of nitrogens with one attached hydrogen (secondary N) is 1. The van der Waals surface area contributed by atoms with Crippen molar-refractivity contribution in [1.29, 1.82) is 0 Å². The fourth-order valence-electron chi connectivity index (χ4n) is 1.30. The van der Waals surface area contributed by atoms with Gasteiger partial charge in [-0.1, -0.05) is 0 Å². The first-order valence-corrected chi connectivity index (χ1v) is 5.97. The minimum absolute atomic E-state index is 0.359. The molecule has 18 heavy (non-hydrogen) atoms. The van der Waals surface area contributed by atoms with E-state index in [0.717, 1.165) is 6.42 Å². The molecule has 0 aliphatic rings. The van der Waals surface area contributed by atoms with Crippen LogP contribution < -0.4 is 5.32 Å². The predicted octanol–water partition coefficient (Wildman–Crippen LogP) is 1.78. The highest BCUT2D eigenvalue weighted by atomic mass is 16.6. The average Bonchev–Trinajstić information content (AvgIpc) is 2.19. The van der Waals surface area contributed by atoms with Gasteiger partial charge in [0.25, 0.3) is 0 Å². The maximum atomic E-state index is 11.4. The minimum atomic E-state index is -1.06. The molecule has 6 heteroatoms. The van der Waals surface area contributed by atoms with Crippen molar-refractivity contribution in [3.63, 3.8) is 0 Å². The number of rotatable bonds is 7. The standard InChI is InChI=1S/C12H23NO5/c1-12(2,3)18-11(16)13-9(10(14)15)7-5-6-8-17-4/h9H,5-8H2,1-4H3,(H,13,16)(H,14,15)/t9-/m0/s1. The number of carbonyl (C=O) groups excluding carboxylic acids is 1. The van der Waals surface area contributed by atoms with Crippen molar-refractivity contribution in [3.05, 3.63) is 0 Å². The van der Waals surface area contributed by atoms with Crippen LogP contribution >= 0.6 is 0 Å². The number of ether oxygens (including phenoxy) is 2. The Kier molecular flexibility index (Phi) is 7.35. The molecule has 2 N–H and O–H groups in total. The summed E-state index contributed by atoms with van der Waals surface area (Å²) in [4.78, 5) is 22.4. The zero-order chi connectivity index (χ0) is 14.2. The molecule has 0 rings (SSSR count). The number of methoxy groups -OCH3 is 1. The van der Waals surface area contributed by atoms with Crippen LogP contribution in [0.3, 0.4) is 0 Å². The van der Waals surface area contributed by atoms with E-state index in [-0.39, 0.29) is 0 Å². The van der Waals surface area contributed by atoms with E-state index in [9.17, 15) is 9.59 Å². The average molecular weight is 261 g/mol. The van der Waals surface area contributed by atoms with Crippen molar-refractivity contribution in [1.82, 2.24) is 5.32 Å². The SMILES string of the molecule is COCCCC[C@H](NC(=O)OC(C)(C)C)C(=O)O. The highest BCUT2D eigenvalue weighted by Crippen LogP contribution is 2.08. The summed E-state index contributed by atoms with van der Waals surface area (Å²) in [7, 11) is 1.59. The molecule has 0 bridgehead atoms. The topological polar surface area (TPSA) is 84.9 Å². The zero-order valence-electron chi connectivity index (χ0n) is 11.5. The van der Waals surface area contributed by atoms with E-state index in [4.69, 9.17) is 14.6 Å². The summed E-state index contributed by atoms with van der Waals surface area (Å²) >= 11 is 0. The Morgan fingerprint density at radius 1 is 1.28 bits per heavy atom. The Labute approximate surface area is 108 Å². The lowest BCUT2D eigenvalue weighted by atomic mass is 10.1. The van der Waals surface area contributed by atoms with Crippen molar-refractivity contribution >= 4 is 12.1 Å². The van der Waals surface area contributed by atoms with Gasteiger partial charge in [-0.05, 0) is 40.0 Å². The molecule has 0 radical (unpaired) electrons. The van der Waals surface area contributed by atoms with Gasteiger partial charge in [-0.15, -0.1) is 0 Å². The summed E-state index contributed by atoms with van der Waals surface area (Å²) in [6.45, 7) is 5.75. The van der Waals surface area contributed by atoms with Gasteiger partial charge in [0.05, 0.1) is 0 Å². The number of hydrogen-bond acceptors (Lipinski definition) is 4. The molecule has 1 amide bonds. The maximum Gasteiger partial charge on any atom is 0.408 e. The van der Waals surface area contributed by atoms with Crippen LogP contribution in [0.4, 0.5) is 4.79 Å². The Hall–Kier alpha value is -1.30. The summed E-state index contributed by atoms with van der Waals surface area (Å²) in [5.41, 5.74) is -0.636. The van der Waals surface area contributed by atoms with E-state index >= 15 is 0 Å². The smallest absolute Gasteiger partial charge is 0.408 e. The van der Waals surface area contributed by atoms with E-state index < -0.39 is 23.7 Å². The molecule has 0 saturated carbocycles. The second kappa shape index (κ2) is 7.92. The third-order valence-corrected chi connectivity index (χ3v) is 2.08. The first kappa shape index (κ1) is 16.7. The van der Waals surface area contributed by atoms with Crippen molar-refractivity contribution in [2.75, 3.05) is 13.7 Å². The molecule has 0 fully saturated rings. The first-order chi connectivity index (χ1) is 8.26. The number of alkyl carbamates (subject to hydrolysis) is 1. The van der Waals surface area contributed by atoms with Crippen LogP contribution in [0.2, 0.25) is 0 Å². The molecular formula is C12H23NO5. The van der Waals surface area contributed by atoms with Gasteiger partial charge in [0.15, 0.2) is 0 Å². The Bertz CT molecular complexity index is 272. The lowest BCUT2D eigenvalue weighted by Gasteiger charge is -2.22. The van der Waals surface area contributed by atoms with Crippen LogP contribution in [-0.4, -0.2) is 42.5 Å². The summed E-state index contributed by atoms with van der Waals surface area (Å²) in [6.07, 6.45) is 1.08. The quantitative estimate of drug-likeness (QED) is 0.682. The van der Waals surface area contributed by atoms with Crippen molar-refractivity contribution in [3.8, 4) is 0 Å². The fraction of sp³-hybridized carbons (Fsp3) is 0.833. The number of unbranched alkanes of at least 4 members (excludes halogenated alkanes) is 1. The largest absolute Gasteiger partial charge is 0.480 e. The molecule has 0 aromatic heterocycles. The molecule has 1 atom stereocenters. The minimum Gasteiger partial charge on any atom is -0.480 e. The number of aliphatic carboxylic acids is 1. The molecule has 0 heterocycles. The van der Waals surface area contributed by atoms with Crippen LogP contribution in [0.15, 0.2) is 0 Å². The van der Waals surface area contributed by atoms with Crippen molar-refractivity contribution in [2.45, 2.75) is 51.7 Å². The first-order valence-electron chi connectivity index (χ1n) is 5.97. The van der Waals surface area contributed by atoms with E-state index in [1.807, 2.05) is 0 Å². The molecule has 0 spiro atoms. The van der Waals surface area contributed by atoms with Gasteiger partial charge < -0.3 is 19.9 Å². The normalized spacial score (nSPS) is 12.9. The predicted molar refractivity (Wildman–Crippen MR) is 66.5 cm³/mol. The van der Waals surface area contributed by atoms with Gasteiger partial charge >= 0.3 is 12.1 Å². The highest BCUT2D eigenvalue weighted by Gasteiger charge is 2.23. The van der Waals surface area contributed by atoms with E-state index in [0.29, 0.717) is 19.4 Å². The van der Waals surface area contributed by atoms with Gasteiger partial charge in [-0.25, -0.2) is 9.59 Å². The number of carboxylic acids is 1. The number of amides is 1. The van der Waals surface area contributed by atoms with E-state index in [2.05, 4.69) is 5.32 Å². The van der Waals surface area contributed by atoms with Gasteiger partial charge in [0, 0.05) is 13.7 Å². The summed E-state index contributed by atoms with van der Waals surface area (Å²) in [5.74, 6) is -1.06. The molecule has 106 valence electrons. The lowest BCUT2D eigenvalue weighted by molar-refractivity contribution is -0.139.